The summed E-state index contributed by atoms with van der Waals surface area (Å²) < 4.78 is 5.11. The smallest absolute Gasteiger partial charge is 0.269 e. The monoisotopic (exact) mass is 318 g/mol. The number of rotatable bonds is 7. The zero-order valence-electron chi connectivity index (χ0n) is 13.0. The van der Waals surface area contributed by atoms with E-state index >= 15 is 0 Å². The first-order chi connectivity index (χ1) is 11.0. The van der Waals surface area contributed by atoms with Gasteiger partial charge in [-0.25, -0.2) is 0 Å². The fourth-order valence-electron chi connectivity index (χ4n) is 1.96. The van der Waals surface area contributed by atoms with Gasteiger partial charge in [0.25, 0.3) is 5.69 Å². The Morgan fingerprint density at radius 1 is 1.35 bits per heavy atom. The summed E-state index contributed by atoms with van der Waals surface area (Å²) in [5, 5.41) is 17.2. The number of nitrogens with one attached hydrogen (secondary N) is 1. The highest BCUT2D eigenvalue weighted by atomic mass is 16.6. The zero-order chi connectivity index (χ0) is 16.8. The van der Waals surface area contributed by atoms with E-state index in [1.54, 1.807) is 12.1 Å². The third-order valence-electron chi connectivity index (χ3n) is 3.06. The highest BCUT2D eigenvalue weighted by Gasteiger charge is 2.11. The van der Waals surface area contributed by atoms with E-state index in [0.29, 0.717) is 42.6 Å². The molecule has 0 aliphatic carbocycles. The Kier molecular flexibility index (Phi) is 5.40. The Morgan fingerprint density at radius 2 is 2.04 bits per heavy atom. The average Bonchev–Trinajstić information content (AvgIpc) is 2.95. The number of nitrogens with zero attached hydrogens (tertiary/aromatic N) is 3. The van der Waals surface area contributed by atoms with Gasteiger partial charge in [-0.1, -0.05) is 19.0 Å². The molecule has 0 aliphatic rings. The SMILES string of the molecule is CC(C)CC(=O)NCCc1nc(-c2ccc([N+](=O)[O-])cc2)no1. The second-order valence-corrected chi connectivity index (χ2v) is 5.51. The van der Waals surface area contributed by atoms with E-state index in [-0.39, 0.29) is 11.6 Å². The maximum absolute atomic E-state index is 11.5. The lowest BCUT2D eigenvalue weighted by atomic mass is 10.1. The number of carbonyl (C=O) groups excluding carboxylic acids is 1. The number of benzene rings is 1. The van der Waals surface area contributed by atoms with Crippen LogP contribution in [0.1, 0.15) is 26.2 Å². The van der Waals surface area contributed by atoms with Gasteiger partial charge in [-0.05, 0) is 18.1 Å². The summed E-state index contributed by atoms with van der Waals surface area (Å²) in [4.78, 5) is 25.9. The molecule has 1 aromatic carbocycles. The fourth-order valence-corrected chi connectivity index (χ4v) is 1.96. The molecule has 0 saturated carbocycles. The van der Waals surface area contributed by atoms with Gasteiger partial charge in [0.05, 0.1) is 4.92 Å². The van der Waals surface area contributed by atoms with Crippen molar-refractivity contribution in [3.63, 3.8) is 0 Å². The lowest BCUT2D eigenvalue weighted by molar-refractivity contribution is -0.384. The summed E-state index contributed by atoms with van der Waals surface area (Å²) in [5.41, 5.74) is 0.639. The van der Waals surface area contributed by atoms with Crippen molar-refractivity contribution in [2.24, 2.45) is 5.92 Å². The van der Waals surface area contributed by atoms with Crippen LogP contribution in [0.2, 0.25) is 0 Å². The van der Waals surface area contributed by atoms with Crippen LogP contribution in [-0.2, 0) is 11.2 Å². The van der Waals surface area contributed by atoms with E-state index in [0.717, 1.165) is 0 Å². The van der Waals surface area contributed by atoms with Crippen molar-refractivity contribution in [3.8, 4) is 11.4 Å². The molecule has 1 N–H and O–H groups in total. The fraction of sp³-hybridized carbons (Fsp3) is 0.400. The number of hydrogen-bond donors (Lipinski definition) is 1. The Morgan fingerprint density at radius 3 is 2.65 bits per heavy atom. The summed E-state index contributed by atoms with van der Waals surface area (Å²) in [5.74, 6) is 1.08. The first-order valence-corrected chi connectivity index (χ1v) is 7.30. The maximum atomic E-state index is 11.5. The molecule has 0 fully saturated rings. The molecular formula is C15H18N4O4. The lowest BCUT2D eigenvalue weighted by Gasteiger charge is -2.05. The number of carbonyl (C=O) groups is 1. The van der Waals surface area contributed by atoms with Crippen LogP contribution in [-0.4, -0.2) is 27.5 Å². The molecule has 0 unspecified atom stereocenters. The number of nitro groups is 1. The van der Waals surface area contributed by atoms with Gasteiger partial charge in [-0.3, -0.25) is 14.9 Å². The van der Waals surface area contributed by atoms with E-state index in [1.165, 1.54) is 12.1 Å². The Bertz CT molecular complexity index is 679. The summed E-state index contributed by atoms with van der Waals surface area (Å²) >= 11 is 0. The van der Waals surface area contributed by atoms with E-state index in [9.17, 15) is 14.9 Å². The number of aromatic nitrogens is 2. The van der Waals surface area contributed by atoms with Crippen molar-refractivity contribution < 1.29 is 14.2 Å². The second-order valence-electron chi connectivity index (χ2n) is 5.51. The molecule has 1 amide bonds. The van der Waals surface area contributed by atoms with Gasteiger partial charge in [-0.2, -0.15) is 4.98 Å². The minimum absolute atomic E-state index is 0.00453. The molecule has 0 spiro atoms. The lowest BCUT2D eigenvalue weighted by Crippen LogP contribution is -2.26. The highest BCUT2D eigenvalue weighted by molar-refractivity contribution is 5.76. The van der Waals surface area contributed by atoms with Crippen LogP contribution in [0.4, 0.5) is 5.69 Å². The third kappa shape index (κ3) is 4.87. The normalized spacial score (nSPS) is 10.7. The van der Waals surface area contributed by atoms with Crippen molar-refractivity contribution in [3.05, 3.63) is 40.3 Å². The van der Waals surface area contributed by atoms with Crippen LogP contribution in [0.5, 0.6) is 0 Å². The molecule has 1 heterocycles. The van der Waals surface area contributed by atoms with Crippen LogP contribution in [0.25, 0.3) is 11.4 Å². The molecule has 0 saturated heterocycles. The van der Waals surface area contributed by atoms with Gasteiger partial charge in [0.2, 0.25) is 17.6 Å². The second kappa shape index (κ2) is 7.48. The van der Waals surface area contributed by atoms with Gasteiger partial charge in [0.1, 0.15) is 0 Å². The molecule has 2 rings (SSSR count). The van der Waals surface area contributed by atoms with E-state index in [1.807, 2.05) is 13.8 Å². The van der Waals surface area contributed by atoms with Crippen LogP contribution >= 0.6 is 0 Å². The molecule has 0 aliphatic heterocycles. The van der Waals surface area contributed by atoms with Crippen molar-refractivity contribution in [2.45, 2.75) is 26.7 Å². The summed E-state index contributed by atoms with van der Waals surface area (Å²) in [6.07, 6.45) is 0.918. The number of hydrogen-bond acceptors (Lipinski definition) is 6. The van der Waals surface area contributed by atoms with Gasteiger partial charge < -0.3 is 9.84 Å². The standard InChI is InChI=1S/C15H18N4O4/c1-10(2)9-13(20)16-8-7-14-17-15(18-23-14)11-3-5-12(6-4-11)19(21)22/h3-6,10H,7-9H2,1-2H3,(H,16,20). The number of non-ortho nitro benzene ring substituents is 1. The largest absolute Gasteiger partial charge is 0.356 e. The summed E-state index contributed by atoms with van der Waals surface area (Å²) in [7, 11) is 0. The van der Waals surface area contributed by atoms with Gasteiger partial charge in [0.15, 0.2) is 0 Å². The molecule has 23 heavy (non-hydrogen) atoms. The van der Waals surface area contributed by atoms with Gasteiger partial charge in [0, 0.05) is 37.1 Å². The van der Waals surface area contributed by atoms with Crippen LogP contribution in [0.15, 0.2) is 28.8 Å². The van der Waals surface area contributed by atoms with Crippen LogP contribution in [0, 0.1) is 16.0 Å². The molecule has 0 radical (unpaired) electrons. The number of amides is 1. The van der Waals surface area contributed by atoms with Crippen molar-refractivity contribution in [1.82, 2.24) is 15.5 Å². The molecule has 1 aromatic heterocycles. The Hall–Kier alpha value is -2.77. The van der Waals surface area contributed by atoms with Crippen molar-refractivity contribution in [1.29, 1.82) is 0 Å². The first-order valence-electron chi connectivity index (χ1n) is 7.30. The van der Waals surface area contributed by atoms with E-state index < -0.39 is 4.92 Å². The summed E-state index contributed by atoms with van der Waals surface area (Å²) in [6, 6.07) is 5.91. The van der Waals surface area contributed by atoms with E-state index in [2.05, 4.69) is 15.5 Å². The zero-order valence-corrected chi connectivity index (χ0v) is 13.0. The molecule has 2 aromatic rings. The maximum Gasteiger partial charge on any atom is 0.269 e. The van der Waals surface area contributed by atoms with Crippen molar-refractivity contribution >= 4 is 11.6 Å². The quantitative estimate of drug-likeness (QED) is 0.619. The van der Waals surface area contributed by atoms with Crippen molar-refractivity contribution in [2.75, 3.05) is 6.54 Å². The van der Waals surface area contributed by atoms with Crippen LogP contribution < -0.4 is 5.32 Å². The van der Waals surface area contributed by atoms with Gasteiger partial charge in [-0.15, -0.1) is 0 Å². The molecule has 8 nitrogen and oxygen atoms in total. The molecular weight excluding hydrogens is 300 g/mol. The third-order valence-corrected chi connectivity index (χ3v) is 3.06. The highest BCUT2D eigenvalue weighted by Crippen LogP contribution is 2.19. The predicted molar refractivity (Wildman–Crippen MR) is 82.6 cm³/mol. The molecule has 8 heteroatoms. The molecule has 0 atom stereocenters. The predicted octanol–water partition coefficient (Wildman–Crippen LogP) is 2.35. The Balaban J connectivity index is 1.90. The minimum atomic E-state index is -0.467. The Labute approximate surface area is 133 Å². The molecule has 0 bridgehead atoms. The first kappa shape index (κ1) is 16.6. The van der Waals surface area contributed by atoms with Gasteiger partial charge >= 0.3 is 0 Å². The molecule has 122 valence electrons. The number of nitro benzene ring substituents is 1. The topological polar surface area (TPSA) is 111 Å². The van der Waals surface area contributed by atoms with Crippen LogP contribution in [0.3, 0.4) is 0 Å². The van der Waals surface area contributed by atoms with E-state index in [4.69, 9.17) is 4.52 Å². The minimum Gasteiger partial charge on any atom is -0.356 e. The average molecular weight is 318 g/mol. The summed E-state index contributed by atoms with van der Waals surface area (Å²) in [6.45, 7) is 4.38.